The van der Waals surface area contributed by atoms with Gasteiger partial charge in [-0.1, -0.05) is 48.6 Å². The maximum absolute atomic E-state index is 12.9. The van der Waals surface area contributed by atoms with E-state index in [9.17, 15) is 77.8 Å². The molecule has 0 saturated carbocycles. The van der Waals surface area contributed by atoms with E-state index < -0.39 is 90.1 Å². The predicted molar refractivity (Wildman–Crippen MR) is 292 cm³/mol. The third-order valence-corrected chi connectivity index (χ3v) is 15.6. The summed E-state index contributed by atoms with van der Waals surface area (Å²) >= 11 is 0. The zero-order valence-corrected chi connectivity index (χ0v) is 47.5. The SMILES string of the molecule is O=S(=O)(O)c1cccc(Nc2nc(Nc3cccc(S(=O)(=O)O)c3)nc(Nc3ccc(C=Cc4ccc(Nc5nc(Nc6cccc(S(=O)(=O)O)c6)nc(Nc6cccc(S(=O)(=O)O)c6)n5)cc4S(=O)(=O)O)c(S(=O)(=O)O)c3)n2)c1.[Na]. The Morgan fingerprint density at radius 3 is 0.691 bits per heavy atom. The number of benzene rings is 6. The molecule has 0 fully saturated rings. The monoisotopic (exact) mass is 1240 g/mol. The first-order chi connectivity index (χ1) is 37.3. The molecular formula is C44H36N12NaO18S6. The molecule has 0 aliphatic heterocycles. The van der Waals surface area contributed by atoms with Gasteiger partial charge in [0.2, 0.25) is 35.7 Å². The van der Waals surface area contributed by atoms with Gasteiger partial charge in [0.15, 0.2) is 0 Å². The normalized spacial score (nSPS) is 12.3. The molecule has 8 rings (SSSR count). The maximum atomic E-state index is 12.9. The Morgan fingerprint density at radius 1 is 0.284 bits per heavy atom. The smallest absolute Gasteiger partial charge is 0.295 e. The van der Waals surface area contributed by atoms with Crippen LogP contribution in [0.3, 0.4) is 0 Å². The molecule has 0 aliphatic carbocycles. The summed E-state index contributed by atoms with van der Waals surface area (Å²) in [5.41, 5.74) is -0.556. The van der Waals surface area contributed by atoms with Gasteiger partial charge >= 0.3 is 0 Å². The fourth-order valence-electron chi connectivity index (χ4n) is 6.93. The molecule has 2 aromatic heterocycles. The van der Waals surface area contributed by atoms with Crippen molar-refractivity contribution in [1.82, 2.24) is 29.9 Å². The van der Waals surface area contributed by atoms with Gasteiger partial charge in [0.05, 0.1) is 19.6 Å². The van der Waals surface area contributed by atoms with Gasteiger partial charge in [-0.25, -0.2) is 0 Å². The summed E-state index contributed by atoms with van der Waals surface area (Å²) in [6.45, 7) is 0. The Balaban J connectivity index is 0.00000946. The van der Waals surface area contributed by atoms with E-state index in [1.54, 1.807) is 0 Å². The minimum absolute atomic E-state index is 0. The summed E-state index contributed by atoms with van der Waals surface area (Å²) in [7, 11) is -28.9. The maximum Gasteiger partial charge on any atom is 0.295 e. The quantitative estimate of drug-likeness (QED) is 0.0244. The van der Waals surface area contributed by atoms with Crippen molar-refractivity contribution in [3.8, 4) is 0 Å². The van der Waals surface area contributed by atoms with Crippen LogP contribution in [0.15, 0.2) is 163 Å². The summed E-state index contributed by atoms with van der Waals surface area (Å²) in [6.07, 6.45) is 2.16. The molecule has 0 saturated heterocycles. The van der Waals surface area contributed by atoms with Crippen molar-refractivity contribution in [2.45, 2.75) is 29.4 Å². The van der Waals surface area contributed by atoms with Gasteiger partial charge in [0.1, 0.15) is 9.79 Å². The van der Waals surface area contributed by atoms with E-state index in [-0.39, 0.29) is 110 Å². The van der Waals surface area contributed by atoms with Crippen molar-refractivity contribution in [2.75, 3.05) is 31.9 Å². The van der Waals surface area contributed by atoms with Crippen LogP contribution in [0, 0.1) is 0 Å². The van der Waals surface area contributed by atoms with E-state index in [1.165, 1.54) is 72.8 Å². The van der Waals surface area contributed by atoms with Gasteiger partial charge in [-0.2, -0.15) is 80.4 Å². The standard InChI is InChI=1S/C44H36N12O18S6.Na/c57-75(58,59)33-9-1-5-27(19-33)45-39-51-40(46-28-6-2-10-34(20-28)76(60,61)62)54-43(53-39)49-31-17-15-25(37(23-31)79(69,70)71)13-14-26-16-18-32(24-38(26)80(72,73)74)50-44-55-41(47-29-7-3-11-35(21-29)77(63,64)65)52-42(56-44)48-30-8-4-12-36(22-30)78(66,67)68;/h1-24H,(H,57,58,59)(H,60,61,62)(H,63,64,65)(H,66,67,68)(H,69,70,71)(H,72,73,74)(H3,45,46,49,51,53,54)(H3,47,48,50,52,55,56);. The van der Waals surface area contributed by atoms with Crippen LogP contribution in [0.25, 0.3) is 12.2 Å². The predicted octanol–water partition coefficient (Wildman–Crippen LogP) is 5.79. The second kappa shape index (κ2) is 23.8. The topological polar surface area (TPSA) is 476 Å². The molecule has 0 aliphatic rings. The van der Waals surface area contributed by atoms with Gasteiger partial charge in [-0.05, 0) is 108 Å². The first-order valence-corrected chi connectivity index (χ1v) is 30.3. The van der Waals surface area contributed by atoms with Crippen molar-refractivity contribution in [2.24, 2.45) is 0 Å². The van der Waals surface area contributed by atoms with Crippen LogP contribution < -0.4 is 31.9 Å². The first-order valence-electron chi connectivity index (χ1n) is 21.7. The van der Waals surface area contributed by atoms with Gasteiger partial charge in [0.25, 0.3) is 60.7 Å². The number of aromatic nitrogens is 6. The minimum Gasteiger partial charge on any atom is -0.324 e. The van der Waals surface area contributed by atoms with Gasteiger partial charge < -0.3 is 31.9 Å². The summed E-state index contributed by atoms with van der Waals surface area (Å²) in [4.78, 5) is 21.7. The van der Waals surface area contributed by atoms with Gasteiger partial charge in [-0.3, -0.25) is 27.3 Å². The molecule has 37 heteroatoms. The van der Waals surface area contributed by atoms with Gasteiger partial charge in [-0.15, -0.1) is 0 Å². The number of hydrogen-bond donors (Lipinski definition) is 12. The second-order valence-corrected chi connectivity index (χ2v) is 24.6. The molecular weight excluding hydrogens is 1200 g/mol. The van der Waals surface area contributed by atoms with Crippen LogP contribution in [0.2, 0.25) is 0 Å². The molecule has 0 amide bonds. The van der Waals surface area contributed by atoms with Crippen LogP contribution in [-0.2, 0) is 60.7 Å². The van der Waals surface area contributed by atoms with Crippen LogP contribution in [-0.4, -0.2) is 137 Å². The fraction of sp³-hybridized carbons (Fsp3) is 0. The zero-order chi connectivity index (χ0) is 58.0. The Bertz CT molecular complexity index is 4050. The number of hydrogen-bond acceptors (Lipinski definition) is 24. The molecule has 0 spiro atoms. The largest absolute Gasteiger partial charge is 0.324 e. The Morgan fingerprint density at radius 2 is 0.494 bits per heavy atom. The number of nitrogens with one attached hydrogen (secondary N) is 6. The number of anilines is 12. The van der Waals surface area contributed by atoms with E-state index in [2.05, 4.69) is 61.8 Å². The third-order valence-electron chi connectivity index (χ3n) is 10.4. The van der Waals surface area contributed by atoms with Crippen molar-refractivity contribution in [3.63, 3.8) is 0 Å². The van der Waals surface area contributed by atoms with Crippen LogP contribution in [0.5, 0.6) is 0 Å². The van der Waals surface area contributed by atoms with Crippen LogP contribution >= 0.6 is 0 Å². The Labute approximate surface area is 482 Å². The molecule has 0 atom stereocenters. The average Bonchev–Trinajstić information content (AvgIpc) is 3.41. The molecule has 0 bridgehead atoms. The zero-order valence-electron chi connectivity index (χ0n) is 40.6. The summed E-state index contributed by atoms with van der Waals surface area (Å²) < 4.78 is 205. The van der Waals surface area contributed by atoms with E-state index in [4.69, 9.17) is 0 Å². The van der Waals surface area contributed by atoms with E-state index in [0.717, 1.165) is 72.8 Å². The molecule has 6 aromatic carbocycles. The van der Waals surface area contributed by atoms with E-state index in [1.807, 2.05) is 0 Å². The average molecular weight is 1240 g/mol. The van der Waals surface area contributed by atoms with Crippen LogP contribution in [0.1, 0.15) is 11.1 Å². The van der Waals surface area contributed by atoms with Crippen molar-refractivity contribution < 1.29 is 77.8 Å². The van der Waals surface area contributed by atoms with E-state index in [0.29, 0.717) is 0 Å². The van der Waals surface area contributed by atoms with Gasteiger partial charge in [0, 0.05) is 63.7 Å². The summed E-state index contributed by atoms with van der Waals surface area (Å²) in [6, 6.07) is 26.0. The van der Waals surface area contributed by atoms with Crippen LogP contribution in [0.4, 0.5) is 69.8 Å². The molecule has 81 heavy (non-hydrogen) atoms. The molecule has 0 unspecified atom stereocenters. The number of rotatable bonds is 20. The Hall–Kier alpha value is -7.66. The second-order valence-electron chi connectivity index (χ2n) is 16.2. The third kappa shape index (κ3) is 16.5. The van der Waals surface area contributed by atoms with Crippen molar-refractivity contribution in [1.29, 1.82) is 0 Å². The molecule has 30 nitrogen and oxygen atoms in total. The molecule has 2 heterocycles. The Kier molecular flexibility index (Phi) is 17.9. The molecule has 8 aromatic rings. The minimum atomic E-state index is -5.12. The fourth-order valence-corrected chi connectivity index (χ4v) is 10.5. The van der Waals surface area contributed by atoms with E-state index >= 15 is 0 Å². The molecule has 1 radical (unpaired) electrons. The van der Waals surface area contributed by atoms with Crippen molar-refractivity contribution >= 4 is 172 Å². The molecule has 417 valence electrons. The summed E-state index contributed by atoms with van der Waals surface area (Å²) in [5.74, 6) is -1.95. The molecule has 12 N–H and O–H groups in total. The summed E-state index contributed by atoms with van der Waals surface area (Å²) in [5, 5.41) is 16.3. The number of nitrogens with zero attached hydrogens (tertiary/aromatic N) is 6. The first kappa shape index (κ1) is 61.0. The van der Waals surface area contributed by atoms with Crippen molar-refractivity contribution in [3.05, 3.63) is 145 Å².